The number of benzene rings is 3. The molecule has 3 saturated heterocycles. The van der Waals surface area contributed by atoms with Gasteiger partial charge in [0.25, 0.3) is 5.56 Å². The van der Waals surface area contributed by atoms with E-state index in [1.54, 1.807) is 24.3 Å². The van der Waals surface area contributed by atoms with Gasteiger partial charge in [-0.15, -0.1) is 0 Å². The Labute approximate surface area is 768 Å². The van der Waals surface area contributed by atoms with Gasteiger partial charge in [0, 0.05) is 34.5 Å². The van der Waals surface area contributed by atoms with Gasteiger partial charge in [-0.25, -0.2) is 29.0 Å². The zero-order chi connectivity index (χ0) is 95.5. The minimum absolute atomic E-state index is 0.0213. The van der Waals surface area contributed by atoms with E-state index in [0.29, 0.717) is 63.1 Å². The molecule has 3 fully saturated rings. The summed E-state index contributed by atoms with van der Waals surface area (Å²) in [6.45, 7) is 35.1. The monoisotopic (exact) mass is 1930 g/mol. The van der Waals surface area contributed by atoms with Crippen LogP contribution in [0.2, 0.25) is 69.5 Å². The third-order valence-electron chi connectivity index (χ3n) is 24.0. The molecule has 0 saturated carbocycles. The minimum atomic E-state index is -5.60. The molecule has 1 aliphatic carbocycles. The van der Waals surface area contributed by atoms with Gasteiger partial charge < -0.3 is 86.5 Å². The topological polar surface area (TPSA) is 354 Å². The first-order valence-electron chi connectivity index (χ1n) is 44.3. The summed E-state index contributed by atoms with van der Waals surface area (Å²) in [6, 6.07) is 24.0. The maximum atomic E-state index is 17.7. The Bertz CT molecular complexity index is 4810. The van der Waals surface area contributed by atoms with Crippen LogP contribution in [-0.2, 0) is 84.5 Å². The molecule has 6 aliphatic rings. The number of hydrazone groups is 2. The zero-order valence-electron chi connectivity index (χ0n) is 78.3. The molecule has 5 aliphatic heterocycles. The fourth-order valence-corrected chi connectivity index (χ4v) is 21.2. The van der Waals surface area contributed by atoms with E-state index in [1.807, 2.05) is 88.5 Å². The van der Waals surface area contributed by atoms with Gasteiger partial charge >= 0.3 is 38.6 Å². The minimum Gasteiger partial charge on any atom is -0.497 e. The molecule has 3 aromatic carbocycles. The molecule has 4 N–H and O–H groups in total. The van der Waals surface area contributed by atoms with E-state index >= 15 is 4.39 Å². The van der Waals surface area contributed by atoms with E-state index in [9.17, 15) is 51.5 Å². The molecule has 0 spiro atoms. The second kappa shape index (κ2) is 46.6. The number of hydrogen-bond donors (Lipinski definition) is 4. The van der Waals surface area contributed by atoms with E-state index in [2.05, 4.69) is 116 Å². The van der Waals surface area contributed by atoms with Gasteiger partial charge in [-0.3, -0.25) is 32.6 Å². The van der Waals surface area contributed by atoms with Gasteiger partial charge in [-0.05, 0) is 159 Å². The Hall–Kier alpha value is -7.52. The fourth-order valence-electron chi connectivity index (χ4n) is 15.3. The largest absolute Gasteiger partial charge is 0.497 e. The normalized spacial score (nSPS) is 21.3. The van der Waals surface area contributed by atoms with Crippen molar-refractivity contribution in [3.8, 4) is 11.5 Å². The number of imidazole rings is 1. The highest BCUT2D eigenvalue weighted by Crippen LogP contribution is 2.59. The number of carbonyl (C=O) groups excluding carboxylic acids is 4. The number of alkyl carbamates (subject to hydrolysis) is 1. The molecule has 722 valence electrons. The number of methoxy groups -OCH3 is 2. The van der Waals surface area contributed by atoms with Crippen LogP contribution >= 0.6 is 14.3 Å². The molecule has 7 heterocycles. The van der Waals surface area contributed by atoms with E-state index < -0.39 is 153 Å². The first-order chi connectivity index (χ1) is 61.3. The predicted octanol–water partition coefficient (Wildman–Crippen LogP) is 14.0. The summed E-state index contributed by atoms with van der Waals surface area (Å²) in [4.78, 5) is 103. The fraction of sp³-hybridized carbons (Fsp3) is 0.621. The highest BCUT2D eigenvalue weighted by molar-refractivity contribution is 8.07. The Kier molecular flexibility index (Phi) is 38.1. The van der Waals surface area contributed by atoms with E-state index in [1.165, 1.54) is 92.7 Å². The average Bonchev–Trinajstić information content (AvgIpc) is 1.60. The van der Waals surface area contributed by atoms with Gasteiger partial charge in [-0.2, -0.15) is 28.4 Å². The first-order valence-corrected chi connectivity index (χ1v) is 58.9. The van der Waals surface area contributed by atoms with Crippen LogP contribution in [0.5, 0.6) is 11.5 Å². The number of amides is 4. The van der Waals surface area contributed by atoms with E-state index in [0.717, 1.165) is 16.6 Å². The lowest BCUT2D eigenvalue weighted by molar-refractivity contribution is -0.186. The third kappa shape index (κ3) is 27.9. The van der Waals surface area contributed by atoms with E-state index in [-0.39, 0.29) is 89.1 Å². The SMILES string of the molecule is CCN(CC)CC.CCN(CC)CC.COc1ccc(C(OC[C@H]2O[C@@H](n3cnc4c(=O)n(CCOCNC(=O)CNC(=O)OCC[Si](C)(C)C)cnc43)[C@H](O[P@](=S)(OC[C@@H]3CCCN3C(=O)C(F)(F)F)OC[C@H]3O[C@@H](N4C=C5CCC6=C5C(=N4)C=NN(C(=O)OCC[Si](C)(C)C)C6)[C@@H](F)[C@@H]3P(=O)(O)O)[C@@H]2O[Si](C)(C)C(C)(C)C)(c2ccccc2)c2ccc(OC)cc2)cc1. The van der Waals surface area contributed by atoms with Crippen molar-refractivity contribution < 1.29 is 107 Å². The number of fused-ring (bicyclic) bond motifs is 1. The second-order valence-electron chi connectivity index (χ2n) is 36.2. The number of likely N-dealkylation sites (tertiary alicyclic amines) is 1. The number of nitrogens with zero attached hydrogens (tertiary/aromatic N) is 11. The number of ether oxygens (including phenoxy) is 8. The van der Waals surface area contributed by atoms with Crippen molar-refractivity contribution >= 4 is 97.7 Å². The molecule has 2 aromatic heterocycles. The van der Waals surface area contributed by atoms with Crippen LogP contribution in [0.15, 0.2) is 129 Å². The summed E-state index contributed by atoms with van der Waals surface area (Å²) >= 11 is 6.46. The summed E-state index contributed by atoms with van der Waals surface area (Å²) in [5, 5.41) is 15.7. The van der Waals surface area contributed by atoms with Gasteiger partial charge in [0.05, 0.1) is 85.5 Å². The van der Waals surface area contributed by atoms with Crippen molar-refractivity contribution in [1.82, 2.24) is 54.5 Å². The van der Waals surface area contributed by atoms with Gasteiger partial charge in [0.1, 0.15) is 72.5 Å². The quantitative estimate of drug-likeness (QED) is 0.00707. The number of halogens is 4. The smallest absolute Gasteiger partial charge is 0.471 e. The van der Waals surface area contributed by atoms with Crippen molar-refractivity contribution in [2.24, 2.45) is 10.2 Å². The highest BCUT2D eigenvalue weighted by atomic mass is 32.5. The van der Waals surface area contributed by atoms with Crippen LogP contribution < -0.4 is 25.7 Å². The lowest BCUT2D eigenvalue weighted by atomic mass is 9.80. The molecule has 5 aromatic rings. The Morgan fingerprint density at radius 2 is 1.28 bits per heavy atom. The first kappa shape index (κ1) is 106. The van der Waals surface area contributed by atoms with Crippen molar-refractivity contribution in [3.63, 3.8) is 0 Å². The summed E-state index contributed by atoms with van der Waals surface area (Å²) in [6.07, 6.45) is -12.7. The molecular weight excluding hydrogens is 1800 g/mol. The van der Waals surface area contributed by atoms with Gasteiger partial charge in [0.15, 0.2) is 38.1 Å². The highest BCUT2D eigenvalue weighted by Gasteiger charge is 2.59. The maximum Gasteiger partial charge on any atom is 0.471 e. The van der Waals surface area contributed by atoms with Crippen molar-refractivity contribution in [2.45, 2.75) is 231 Å². The number of rotatable bonds is 40. The molecule has 130 heavy (non-hydrogen) atoms. The summed E-state index contributed by atoms with van der Waals surface area (Å²) in [7, 11) is -8.80. The molecular formula is C87H133F4N13O20P2SSi3. The number of carbonyl (C=O) groups is 4. The van der Waals surface area contributed by atoms with Gasteiger partial charge in [-0.1, -0.05) is 156 Å². The van der Waals surface area contributed by atoms with Crippen molar-refractivity contribution in [3.05, 3.63) is 141 Å². The predicted molar refractivity (Wildman–Crippen MR) is 499 cm³/mol. The molecule has 0 radical (unpaired) electrons. The molecule has 11 rings (SSSR count). The van der Waals surface area contributed by atoms with Gasteiger partial charge in [0.2, 0.25) is 5.91 Å². The maximum absolute atomic E-state index is 17.7. The number of aromatic nitrogens is 4. The second-order valence-corrected chi connectivity index (χ2v) is 56.9. The lowest BCUT2D eigenvalue weighted by Crippen LogP contribution is -2.51. The van der Waals surface area contributed by atoms with Crippen LogP contribution in [0.3, 0.4) is 0 Å². The van der Waals surface area contributed by atoms with Crippen LogP contribution in [-0.4, -0.2) is 288 Å². The van der Waals surface area contributed by atoms with Crippen LogP contribution in [0.25, 0.3) is 11.2 Å². The summed E-state index contributed by atoms with van der Waals surface area (Å²) in [5.74, 6) is -1.66. The number of nitrogens with one attached hydrogen (secondary N) is 2. The number of allylic oxidation sites excluding steroid dienone is 2. The number of alkyl halides is 4. The van der Waals surface area contributed by atoms with Crippen molar-refractivity contribution in [1.29, 1.82) is 0 Å². The standard InChI is InChI=1S/C75H103F4N11O20P2SSi3.2C6H15N/c1-73(2,3)116(12,13)110-63-57(43-104-74(50-18-15-14-16-19-50,51-23-27-54(99-4)28-24-51)52-25-29-55(100-5)30-26-52)107-69(88-46-81-62-66(88)82-45-86(67(62)92)32-33-101-47-83-59(91)39-80-71(94)102-34-36-114(6,7)8)64(63)109-112(113,105-42-53-20-17-31-87(53)70(93)75(77,78)79)106-44-58-65(111(96,97)98)61(76)68(108-58)89-40-48-21-22-49-41-90(84-38-56(85-89)60(48)49)72(95)103-35-37-115(9,10)11;2*1-4-7(5-2)6-3/h14-16,18-19,23-30,38,40,45-46,53,57-58,61,63-65,68-69H,17,20-22,31-37,39,41-44,47H2,1-13H3,(H,80,94)(H,83,91)(H2,96,97,98);2*4-6H2,1-3H3/t53-,57+,58+,61-,63+,64+,65+,68+,69+,112-;;/m0../s1. The molecule has 0 bridgehead atoms. The van der Waals surface area contributed by atoms with Crippen LogP contribution in [0.1, 0.15) is 111 Å². The van der Waals surface area contributed by atoms with Crippen LogP contribution in [0, 0.1) is 0 Å². The average molecular weight is 1940 g/mol. The Balaban J connectivity index is 0.00000126. The molecule has 43 heteroatoms. The third-order valence-corrected chi connectivity index (χ3v) is 35.6. The molecule has 0 unspecified atom stereocenters. The van der Waals surface area contributed by atoms with E-state index in [4.69, 9.17) is 72.7 Å². The van der Waals surface area contributed by atoms with Crippen LogP contribution in [0.4, 0.5) is 27.2 Å². The number of hydrogen-bond acceptors (Lipinski definition) is 26. The molecule has 33 nitrogen and oxygen atoms in total. The molecule has 10 atom stereocenters. The molecule has 4 amide bonds. The zero-order valence-corrected chi connectivity index (χ0v) is 83.9. The Morgan fingerprint density at radius 1 is 0.708 bits per heavy atom. The van der Waals surface area contributed by atoms with Crippen molar-refractivity contribution in [2.75, 3.05) is 119 Å². The Morgan fingerprint density at radius 3 is 1.84 bits per heavy atom. The summed E-state index contributed by atoms with van der Waals surface area (Å²) < 4.78 is 155. The lowest BCUT2D eigenvalue weighted by Gasteiger charge is -2.42. The summed E-state index contributed by atoms with van der Waals surface area (Å²) in [5.41, 5.74) is -0.615.